The second-order valence-corrected chi connectivity index (χ2v) is 6.71. The van der Waals surface area contributed by atoms with Crippen molar-refractivity contribution >= 4 is 35.1 Å². The van der Waals surface area contributed by atoms with Crippen molar-refractivity contribution in [1.82, 2.24) is 5.32 Å². The van der Waals surface area contributed by atoms with Gasteiger partial charge in [-0.2, -0.15) is 0 Å². The number of carboxylic acids is 2. The molecule has 0 saturated heterocycles. The fourth-order valence-electron chi connectivity index (χ4n) is 2.86. The van der Waals surface area contributed by atoms with E-state index in [1.54, 1.807) is 6.07 Å². The van der Waals surface area contributed by atoms with E-state index in [1.165, 1.54) is 30.4 Å². The molecule has 0 aromatic heterocycles. The van der Waals surface area contributed by atoms with Crippen LogP contribution in [0.5, 0.6) is 0 Å². The first kappa shape index (κ1) is 20.2. The molecule has 1 aliphatic rings. The van der Waals surface area contributed by atoms with Gasteiger partial charge in [-0.05, 0) is 48.1 Å². The molecular formula is C19H19Cl2NO4. The molecule has 0 fully saturated rings. The van der Waals surface area contributed by atoms with E-state index in [4.69, 9.17) is 43.0 Å². The van der Waals surface area contributed by atoms with Crippen LogP contribution in [0.15, 0.2) is 42.5 Å². The van der Waals surface area contributed by atoms with Crippen LogP contribution in [0.1, 0.15) is 35.6 Å². The van der Waals surface area contributed by atoms with E-state index in [0.29, 0.717) is 11.1 Å². The normalized spacial score (nSPS) is 15.4. The van der Waals surface area contributed by atoms with Crippen molar-refractivity contribution in [2.45, 2.75) is 31.8 Å². The number of aryl methyl sites for hydroxylation is 1. The minimum absolute atomic E-state index is 0.423. The first-order valence-electron chi connectivity index (χ1n) is 8.10. The molecule has 0 heterocycles. The van der Waals surface area contributed by atoms with Crippen LogP contribution < -0.4 is 5.32 Å². The van der Waals surface area contributed by atoms with Crippen LogP contribution in [0.25, 0.3) is 0 Å². The molecule has 3 N–H and O–H groups in total. The molecule has 1 unspecified atom stereocenters. The van der Waals surface area contributed by atoms with Crippen molar-refractivity contribution < 1.29 is 19.8 Å². The summed E-state index contributed by atoms with van der Waals surface area (Å²) in [6.07, 6.45) is 3.61. The SMILES string of the molecule is Clc1ccc(CNC2CCCc3ccccc32)c(Cl)c1.O=C(O)C(=O)O. The molecule has 0 bridgehead atoms. The zero-order valence-corrected chi connectivity index (χ0v) is 15.4. The van der Waals surface area contributed by atoms with Gasteiger partial charge in [0.25, 0.3) is 0 Å². The first-order valence-corrected chi connectivity index (χ1v) is 8.85. The lowest BCUT2D eigenvalue weighted by molar-refractivity contribution is -0.159. The van der Waals surface area contributed by atoms with Crippen LogP contribution in [-0.4, -0.2) is 22.2 Å². The Bertz CT molecular complexity index is 783. The Morgan fingerprint density at radius 2 is 1.77 bits per heavy atom. The summed E-state index contributed by atoms with van der Waals surface area (Å²) >= 11 is 12.2. The molecular weight excluding hydrogens is 377 g/mol. The summed E-state index contributed by atoms with van der Waals surface area (Å²) in [5.41, 5.74) is 4.00. The molecule has 7 heteroatoms. The van der Waals surface area contributed by atoms with Crippen molar-refractivity contribution in [1.29, 1.82) is 0 Å². The Hall–Kier alpha value is -2.08. The molecule has 0 saturated carbocycles. The topological polar surface area (TPSA) is 86.6 Å². The Morgan fingerprint density at radius 1 is 1.08 bits per heavy atom. The van der Waals surface area contributed by atoms with Crippen LogP contribution in [0, 0.1) is 0 Å². The van der Waals surface area contributed by atoms with Gasteiger partial charge < -0.3 is 15.5 Å². The molecule has 26 heavy (non-hydrogen) atoms. The highest BCUT2D eigenvalue weighted by atomic mass is 35.5. The largest absolute Gasteiger partial charge is 0.473 e. The highest BCUT2D eigenvalue weighted by Gasteiger charge is 2.19. The van der Waals surface area contributed by atoms with Gasteiger partial charge in [-0.1, -0.05) is 53.5 Å². The Morgan fingerprint density at radius 3 is 2.42 bits per heavy atom. The van der Waals surface area contributed by atoms with Gasteiger partial charge in [-0.15, -0.1) is 0 Å². The zero-order valence-electron chi connectivity index (χ0n) is 13.9. The van der Waals surface area contributed by atoms with E-state index >= 15 is 0 Å². The molecule has 2 aromatic carbocycles. The van der Waals surface area contributed by atoms with Crippen LogP contribution in [0.4, 0.5) is 0 Å². The van der Waals surface area contributed by atoms with Crippen LogP contribution in [-0.2, 0) is 22.6 Å². The fraction of sp³-hybridized carbons (Fsp3) is 0.263. The first-order chi connectivity index (χ1) is 12.4. The van der Waals surface area contributed by atoms with Gasteiger partial charge >= 0.3 is 11.9 Å². The van der Waals surface area contributed by atoms with Gasteiger partial charge in [0.15, 0.2) is 0 Å². The van der Waals surface area contributed by atoms with Crippen LogP contribution >= 0.6 is 23.2 Å². The lowest BCUT2D eigenvalue weighted by Crippen LogP contribution is -2.24. The monoisotopic (exact) mass is 395 g/mol. The smallest absolute Gasteiger partial charge is 0.414 e. The molecule has 0 radical (unpaired) electrons. The van der Waals surface area contributed by atoms with Crippen LogP contribution in [0.2, 0.25) is 10.0 Å². The Kier molecular flexibility index (Phi) is 7.45. The van der Waals surface area contributed by atoms with Gasteiger partial charge in [0.2, 0.25) is 0 Å². The molecule has 0 aliphatic heterocycles. The minimum Gasteiger partial charge on any atom is -0.473 e. The number of aliphatic carboxylic acids is 2. The Labute approximate surface area is 161 Å². The van der Waals surface area contributed by atoms with Crippen molar-refractivity contribution in [3.8, 4) is 0 Å². The number of rotatable bonds is 3. The summed E-state index contributed by atoms with van der Waals surface area (Å²) in [5, 5.41) is 19.8. The number of carbonyl (C=O) groups is 2. The third kappa shape index (κ3) is 5.73. The molecule has 138 valence electrons. The van der Waals surface area contributed by atoms with E-state index in [1.807, 2.05) is 12.1 Å². The molecule has 1 aliphatic carbocycles. The summed E-state index contributed by atoms with van der Waals surface area (Å²) in [6.45, 7) is 0.773. The van der Waals surface area contributed by atoms with Gasteiger partial charge in [-0.3, -0.25) is 0 Å². The van der Waals surface area contributed by atoms with Gasteiger partial charge in [-0.25, -0.2) is 9.59 Å². The number of nitrogens with one attached hydrogen (secondary N) is 1. The summed E-state index contributed by atoms with van der Waals surface area (Å²) < 4.78 is 0. The molecule has 0 amide bonds. The van der Waals surface area contributed by atoms with Crippen molar-refractivity contribution in [2.75, 3.05) is 0 Å². The minimum atomic E-state index is -1.82. The predicted octanol–water partition coefficient (Wildman–Crippen LogP) is 4.32. The van der Waals surface area contributed by atoms with Crippen molar-refractivity contribution in [2.24, 2.45) is 0 Å². The summed E-state index contributed by atoms with van der Waals surface area (Å²) in [7, 11) is 0. The van der Waals surface area contributed by atoms with Gasteiger partial charge in [0.1, 0.15) is 0 Å². The number of carboxylic acid groups (broad SMARTS) is 2. The number of fused-ring (bicyclic) bond motifs is 1. The number of benzene rings is 2. The molecule has 2 aromatic rings. The van der Waals surface area contributed by atoms with E-state index < -0.39 is 11.9 Å². The fourth-order valence-corrected chi connectivity index (χ4v) is 3.34. The molecule has 1 atom stereocenters. The highest BCUT2D eigenvalue weighted by molar-refractivity contribution is 6.35. The molecule has 0 spiro atoms. The second-order valence-electron chi connectivity index (χ2n) is 5.87. The lowest BCUT2D eigenvalue weighted by Gasteiger charge is -2.26. The van der Waals surface area contributed by atoms with Gasteiger partial charge in [0, 0.05) is 22.6 Å². The summed E-state index contributed by atoms with van der Waals surface area (Å²) in [4.78, 5) is 18.2. The summed E-state index contributed by atoms with van der Waals surface area (Å²) in [5.74, 6) is -3.65. The maximum Gasteiger partial charge on any atom is 0.414 e. The highest BCUT2D eigenvalue weighted by Crippen LogP contribution is 2.30. The van der Waals surface area contributed by atoms with E-state index in [-0.39, 0.29) is 0 Å². The average Bonchev–Trinajstić information content (AvgIpc) is 2.61. The Balaban J connectivity index is 0.000000352. The second kappa shape index (κ2) is 9.57. The van der Waals surface area contributed by atoms with Gasteiger partial charge in [0.05, 0.1) is 0 Å². The third-order valence-corrected chi connectivity index (χ3v) is 4.69. The van der Waals surface area contributed by atoms with Crippen molar-refractivity contribution in [3.05, 3.63) is 69.2 Å². The standard InChI is InChI=1S/C17H17Cl2N.C2H2O4/c18-14-9-8-13(16(19)10-14)11-20-17-7-3-5-12-4-1-2-6-15(12)17;3-1(4)2(5)6/h1-2,4,6,8-10,17,20H,3,5,7,11H2;(H,3,4)(H,5,6). The quantitative estimate of drug-likeness (QED) is 0.673. The molecule has 3 rings (SSSR count). The maximum absolute atomic E-state index is 9.10. The number of hydrogen-bond donors (Lipinski definition) is 3. The van der Waals surface area contributed by atoms with Crippen molar-refractivity contribution in [3.63, 3.8) is 0 Å². The average molecular weight is 396 g/mol. The van der Waals surface area contributed by atoms with Crippen LogP contribution in [0.3, 0.4) is 0 Å². The lowest BCUT2D eigenvalue weighted by atomic mass is 9.87. The zero-order chi connectivity index (χ0) is 19.1. The predicted molar refractivity (Wildman–Crippen MR) is 101 cm³/mol. The summed E-state index contributed by atoms with van der Waals surface area (Å²) in [6, 6.07) is 14.8. The number of hydrogen-bond acceptors (Lipinski definition) is 3. The van der Waals surface area contributed by atoms with E-state index in [0.717, 1.165) is 17.1 Å². The van der Waals surface area contributed by atoms with E-state index in [2.05, 4.69) is 29.6 Å². The van der Waals surface area contributed by atoms with E-state index in [9.17, 15) is 0 Å². The molecule has 5 nitrogen and oxygen atoms in total. The third-order valence-electron chi connectivity index (χ3n) is 4.11. The number of halogens is 2. The maximum atomic E-state index is 9.10.